The third-order valence-electron chi connectivity index (χ3n) is 7.23. The number of ether oxygens (including phenoxy) is 4. The molecule has 40 heavy (non-hydrogen) atoms. The number of alkyl halides is 1. The van der Waals surface area contributed by atoms with Crippen molar-refractivity contribution in [1.29, 1.82) is 0 Å². The van der Waals surface area contributed by atoms with E-state index in [-0.39, 0.29) is 13.2 Å². The largest absolute Gasteiger partial charge is 0.386 e. The van der Waals surface area contributed by atoms with Gasteiger partial charge in [-0.05, 0) is 22.3 Å². The van der Waals surface area contributed by atoms with Crippen molar-refractivity contribution in [3.8, 4) is 0 Å². The highest BCUT2D eigenvalue weighted by molar-refractivity contribution is 6.20. The quantitative estimate of drug-likeness (QED) is 0.206. The van der Waals surface area contributed by atoms with Crippen LogP contribution in [0.5, 0.6) is 0 Å². The van der Waals surface area contributed by atoms with Crippen LogP contribution in [0, 0.1) is 0 Å². The summed E-state index contributed by atoms with van der Waals surface area (Å²) in [6.07, 6.45) is -2.11. The molecule has 0 aliphatic carbocycles. The van der Waals surface area contributed by atoms with E-state index in [9.17, 15) is 5.11 Å². The summed E-state index contributed by atoms with van der Waals surface area (Å²) in [6, 6.07) is 39.9. The maximum atomic E-state index is 11.4. The smallest absolute Gasteiger partial charge is 0.160 e. The van der Waals surface area contributed by atoms with E-state index in [0.29, 0.717) is 19.6 Å². The molecule has 5 nitrogen and oxygen atoms in total. The Kier molecular flexibility index (Phi) is 10.0. The van der Waals surface area contributed by atoms with E-state index in [0.717, 1.165) is 22.3 Å². The summed E-state index contributed by atoms with van der Waals surface area (Å²) < 4.78 is 25.9. The third-order valence-corrected chi connectivity index (χ3v) is 7.59. The summed E-state index contributed by atoms with van der Waals surface area (Å²) >= 11 is 6.62. The fourth-order valence-corrected chi connectivity index (χ4v) is 5.40. The van der Waals surface area contributed by atoms with Crippen molar-refractivity contribution in [2.45, 2.75) is 55.7 Å². The van der Waals surface area contributed by atoms with Crippen molar-refractivity contribution in [2.24, 2.45) is 0 Å². The Labute approximate surface area is 241 Å². The molecule has 0 aromatic heterocycles. The van der Waals surface area contributed by atoms with Crippen LogP contribution in [0.2, 0.25) is 0 Å². The Morgan fingerprint density at radius 2 is 1.12 bits per heavy atom. The molecule has 1 N–H and O–H groups in total. The van der Waals surface area contributed by atoms with Gasteiger partial charge in [0.15, 0.2) is 5.56 Å². The lowest BCUT2D eigenvalue weighted by Gasteiger charge is -2.51. The molecule has 0 bridgehead atoms. The molecule has 1 heterocycles. The summed E-state index contributed by atoms with van der Waals surface area (Å²) in [5.41, 5.74) is 1.98. The highest BCUT2D eigenvalue weighted by Crippen LogP contribution is 2.40. The lowest BCUT2D eigenvalue weighted by molar-refractivity contribution is -0.295. The molecule has 208 valence electrons. The van der Waals surface area contributed by atoms with Crippen LogP contribution in [0.4, 0.5) is 0 Å². The summed E-state index contributed by atoms with van der Waals surface area (Å²) in [5.74, 6) is 0. The maximum absolute atomic E-state index is 11.4. The molecule has 5 atom stereocenters. The summed E-state index contributed by atoms with van der Waals surface area (Å²) in [6.45, 7) is 1.20. The zero-order valence-corrected chi connectivity index (χ0v) is 23.1. The molecule has 0 spiro atoms. The number of hydrogen-bond acceptors (Lipinski definition) is 5. The molecular formula is C34H35ClO5. The van der Waals surface area contributed by atoms with Crippen LogP contribution in [-0.2, 0) is 45.2 Å². The van der Waals surface area contributed by atoms with Gasteiger partial charge in [0.1, 0.15) is 23.9 Å². The fourth-order valence-electron chi connectivity index (χ4n) is 5.15. The Balaban J connectivity index is 1.49. The van der Waals surface area contributed by atoms with Gasteiger partial charge in [-0.1, -0.05) is 133 Å². The van der Waals surface area contributed by atoms with Crippen molar-refractivity contribution >= 4 is 11.6 Å². The molecule has 0 saturated carbocycles. The number of rotatable bonds is 12. The number of aliphatic hydroxyl groups excluding tert-OH is 1. The first-order chi connectivity index (χ1) is 19.6. The van der Waals surface area contributed by atoms with Crippen molar-refractivity contribution in [1.82, 2.24) is 0 Å². The van der Waals surface area contributed by atoms with Crippen LogP contribution in [-0.4, -0.2) is 41.2 Å². The molecule has 0 amide bonds. The van der Waals surface area contributed by atoms with Gasteiger partial charge in [-0.25, -0.2) is 0 Å². The second kappa shape index (κ2) is 14.0. The van der Waals surface area contributed by atoms with Crippen LogP contribution >= 0.6 is 11.6 Å². The minimum atomic E-state index is -1.13. The molecule has 1 aliphatic heterocycles. The summed E-state index contributed by atoms with van der Waals surface area (Å²) in [4.78, 5) is 0. The van der Waals surface area contributed by atoms with Crippen molar-refractivity contribution in [3.05, 3.63) is 144 Å². The van der Waals surface area contributed by atoms with E-state index in [1.807, 2.05) is 121 Å². The minimum absolute atomic E-state index is 0.206. The predicted molar refractivity (Wildman–Crippen MR) is 156 cm³/mol. The molecule has 0 radical (unpaired) electrons. The van der Waals surface area contributed by atoms with E-state index in [2.05, 4.69) is 0 Å². The van der Waals surface area contributed by atoms with Gasteiger partial charge in [0.05, 0.1) is 26.4 Å². The first-order valence-electron chi connectivity index (χ1n) is 13.6. The van der Waals surface area contributed by atoms with Crippen LogP contribution in [0.15, 0.2) is 121 Å². The average molecular weight is 559 g/mol. The van der Waals surface area contributed by atoms with E-state index in [4.69, 9.17) is 30.5 Å². The second-order valence-corrected chi connectivity index (χ2v) is 10.5. The first kappa shape index (κ1) is 28.5. The second-order valence-electron chi connectivity index (χ2n) is 10.1. The van der Waals surface area contributed by atoms with Gasteiger partial charge in [0, 0.05) is 6.42 Å². The Morgan fingerprint density at radius 1 is 0.650 bits per heavy atom. The van der Waals surface area contributed by atoms with Crippen LogP contribution in [0.3, 0.4) is 0 Å². The van der Waals surface area contributed by atoms with Gasteiger partial charge >= 0.3 is 0 Å². The number of halogens is 1. The number of benzene rings is 4. The minimum Gasteiger partial charge on any atom is -0.386 e. The fraction of sp³-hybridized carbons (Fsp3) is 0.294. The first-order valence-corrected chi connectivity index (χ1v) is 14.0. The lowest BCUT2D eigenvalue weighted by atomic mass is 9.79. The number of aliphatic hydroxyl groups is 1. The van der Waals surface area contributed by atoms with E-state index < -0.39 is 29.5 Å². The molecule has 1 aliphatic rings. The van der Waals surface area contributed by atoms with Gasteiger partial charge < -0.3 is 24.1 Å². The summed E-state index contributed by atoms with van der Waals surface area (Å²) in [5, 5.41) is 11.4. The molecule has 1 saturated heterocycles. The average Bonchev–Trinajstić information content (AvgIpc) is 3.00. The Morgan fingerprint density at radius 3 is 1.68 bits per heavy atom. The van der Waals surface area contributed by atoms with Crippen molar-refractivity contribution in [2.75, 3.05) is 6.61 Å². The topological polar surface area (TPSA) is 57.2 Å². The SMILES string of the molecule is O[C@@H]1[C@@H](OCc2ccccc2)[C@](Cc2ccccc2)(OCc2ccccc2)[C@@H](COCc2ccccc2)O[C@@H]1Cl. The van der Waals surface area contributed by atoms with Gasteiger partial charge in [-0.2, -0.15) is 0 Å². The van der Waals surface area contributed by atoms with Crippen molar-refractivity contribution < 1.29 is 24.1 Å². The van der Waals surface area contributed by atoms with E-state index in [1.54, 1.807) is 0 Å². The van der Waals surface area contributed by atoms with Crippen LogP contribution < -0.4 is 0 Å². The zero-order chi connectivity index (χ0) is 27.6. The predicted octanol–water partition coefficient (Wildman–Crippen LogP) is 6.31. The standard InChI is InChI=1S/C34H35ClO5/c35-33-31(36)32(38-23-28-17-9-3-10-18-28)34(21-26-13-5-1-6-14-26,39-24-29-19-11-4-12-20-29)30(40-33)25-37-22-27-15-7-2-8-16-27/h1-20,30-33,36H,21-25H2/t30-,31-,32-,33+,34-/m1/s1. The zero-order valence-electron chi connectivity index (χ0n) is 22.4. The highest BCUT2D eigenvalue weighted by Gasteiger charge is 2.57. The third kappa shape index (κ3) is 7.18. The van der Waals surface area contributed by atoms with Crippen molar-refractivity contribution in [3.63, 3.8) is 0 Å². The normalized spacial score (nSPS) is 24.6. The monoisotopic (exact) mass is 558 g/mol. The molecule has 0 unspecified atom stereocenters. The Bertz CT molecular complexity index is 1280. The van der Waals surface area contributed by atoms with Gasteiger partial charge in [0.2, 0.25) is 0 Å². The van der Waals surface area contributed by atoms with Gasteiger partial charge in [0.25, 0.3) is 0 Å². The Hall–Kier alpha value is -3.03. The molecule has 6 heteroatoms. The molecule has 4 aromatic rings. The van der Waals surface area contributed by atoms with Crippen LogP contribution in [0.25, 0.3) is 0 Å². The van der Waals surface area contributed by atoms with Crippen LogP contribution in [0.1, 0.15) is 22.3 Å². The van der Waals surface area contributed by atoms with Gasteiger partial charge in [-0.15, -0.1) is 0 Å². The maximum Gasteiger partial charge on any atom is 0.160 e. The summed E-state index contributed by atoms with van der Waals surface area (Å²) in [7, 11) is 0. The number of hydrogen-bond donors (Lipinski definition) is 1. The van der Waals surface area contributed by atoms with E-state index >= 15 is 0 Å². The molecular weight excluding hydrogens is 524 g/mol. The van der Waals surface area contributed by atoms with Gasteiger partial charge in [-0.3, -0.25) is 0 Å². The lowest BCUT2D eigenvalue weighted by Crippen LogP contribution is -2.68. The van der Waals surface area contributed by atoms with E-state index in [1.165, 1.54) is 0 Å². The molecule has 1 fully saturated rings. The molecule has 5 rings (SSSR count). The highest BCUT2D eigenvalue weighted by atomic mass is 35.5. The molecule has 4 aromatic carbocycles.